The summed E-state index contributed by atoms with van der Waals surface area (Å²) in [7, 11) is 0. The second-order valence-electron chi connectivity index (χ2n) is 2.77. The van der Waals surface area contributed by atoms with E-state index in [-0.39, 0.29) is 5.75 Å². The first-order valence-corrected chi connectivity index (χ1v) is 4.15. The number of phenolic OH excluding ortho intramolecular Hbond substituents is 1. The Kier molecular flexibility index (Phi) is 3.45. The lowest BCUT2D eigenvalue weighted by Crippen LogP contribution is -2.11. The third-order valence-electron chi connectivity index (χ3n) is 1.53. The van der Waals surface area contributed by atoms with Gasteiger partial charge in [0.05, 0.1) is 0 Å². The molecule has 0 aromatic heterocycles. The van der Waals surface area contributed by atoms with E-state index in [9.17, 15) is 9.59 Å². The fraction of sp³-hybridized carbons (Fsp3) is 0. The largest absolute Gasteiger partial charge is 0.508 e. The summed E-state index contributed by atoms with van der Waals surface area (Å²) >= 11 is 0. The number of hydrogen-bond donors (Lipinski definition) is 3. The van der Waals surface area contributed by atoms with Crippen LogP contribution < -0.4 is 11.1 Å². The summed E-state index contributed by atoms with van der Waals surface area (Å²) in [5.74, 6) is -1.03. The van der Waals surface area contributed by atoms with Crippen molar-refractivity contribution in [2.45, 2.75) is 0 Å². The number of carbonyl (C=O) groups is 2. The van der Waals surface area contributed by atoms with Gasteiger partial charge in [0.1, 0.15) is 5.75 Å². The van der Waals surface area contributed by atoms with Gasteiger partial charge in [-0.15, -0.1) is 0 Å². The van der Waals surface area contributed by atoms with Crippen LogP contribution in [0.4, 0.5) is 5.69 Å². The number of nitrogens with one attached hydrogen (secondary N) is 1. The molecule has 0 aliphatic heterocycles. The van der Waals surface area contributed by atoms with E-state index < -0.39 is 11.8 Å². The first-order valence-electron chi connectivity index (χ1n) is 4.15. The van der Waals surface area contributed by atoms with E-state index in [1.807, 2.05) is 0 Å². The average molecular weight is 206 g/mol. The number of aromatic hydroxyl groups is 1. The Hall–Kier alpha value is -2.30. The van der Waals surface area contributed by atoms with Crippen molar-refractivity contribution in [3.8, 4) is 5.75 Å². The smallest absolute Gasteiger partial charge is 0.248 e. The van der Waals surface area contributed by atoms with Gasteiger partial charge in [-0.2, -0.15) is 0 Å². The van der Waals surface area contributed by atoms with Crippen LogP contribution in [0, 0.1) is 0 Å². The van der Waals surface area contributed by atoms with Crippen LogP contribution in [0.2, 0.25) is 0 Å². The Labute approximate surface area is 86.2 Å². The maximum atomic E-state index is 11.1. The first-order chi connectivity index (χ1) is 7.08. The van der Waals surface area contributed by atoms with Crippen molar-refractivity contribution in [2.75, 3.05) is 5.32 Å². The molecular formula is C10H10N2O3. The molecule has 1 aromatic rings. The topological polar surface area (TPSA) is 92.4 Å². The molecule has 4 N–H and O–H groups in total. The van der Waals surface area contributed by atoms with E-state index in [0.717, 1.165) is 12.2 Å². The van der Waals surface area contributed by atoms with Crippen molar-refractivity contribution < 1.29 is 14.7 Å². The molecule has 0 aliphatic carbocycles. The van der Waals surface area contributed by atoms with Crippen LogP contribution in [-0.2, 0) is 9.59 Å². The van der Waals surface area contributed by atoms with E-state index in [2.05, 4.69) is 5.32 Å². The Balaban J connectivity index is 2.59. The van der Waals surface area contributed by atoms with Crippen molar-refractivity contribution in [1.29, 1.82) is 0 Å². The SMILES string of the molecule is NC(=O)/C=C\C(=O)Nc1ccc(O)cc1. The molecule has 5 nitrogen and oxygen atoms in total. The Morgan fingerprint density at radius 2 is 1.80 bits per heavy atom. The molecule has 0 atom stereocenters. The summed E-state index contributed by atoms with van der Waals surface area (Å²) in [5, 5.41) is 11.5. The molecule has 0 unspecified atom stereocenters. The van der Waals surface area contributed by atoms with E-state index in [0.29, 0.717) is 5.69 Å². The molecule has 0 heterocycles. The molecule has 78 valence electrons. The van der Waals surface area contributed by atoms with Gasteiger partial charge in [0.25, 0.3) is 0 Å². The number of amides is 2. The molecule has 0 fully saturated rings. The number of anilines is 1. The molecule has 2 amide bonds. The Morgan fingerprint density at radius 1 is 1.20 bits per heavy atom. The van der Waals surface area contributed by atoms with Crippen LogP contribution in [0.25, 0.3) is 0 Å². The summed E-state index contributed by atoms with van der Waals surface area (Å²) in [5.41, 5.74) is 5.34. The normalized spacial score (nSPS) is 10.1. The van der Waals surface area contributed by atoms with Crippen molar-refractivity contribution in [3.05, 3.63) is 36.4 Å². The number of phenols is 1. The maximum absolute atomic E-state index is 11.1. The number of benzene rings is 1. The molecule has 0 aliphatic rings. The van der Waals surface area contributed by atoms with Gasteiger partial charge in [0.2, 0.25) is 11.8 Å². The van der Waals surface area contributed by atoms with Gasteiger partial charge in [-0.1, -0.05) is 0 Å². The lowest BCUT2D eigenvalue weighted by atomic mass is 10.3. The highest BCUT2D eigenvalue weighted by Gasteiger charge is 1.97. The second kappa shape index (κ2) is 4.80. The van der Waals surface area contributed by atoms with Crippen LogP contribution in [0.1, 0.15) is 0 Å². The average Bonchev–Trinajstić information content (AvgIpc) is 2.19. The zero-order valence-electron chi connectivity index (χ0n) is 7.81. The minimum absolute atomic E-state index is 0.112. The van der Waals surface area contributed by atoms with Gasteiger partial charge < -0.3 is 16.2 Å². The van der Waals surface area contributed by atoms with Crippen LogP contribution in [0.3, 0.4) is 0 Å². The molecule has 0 bridgehead atoms. The molecule has 0 saturated heterocycles. The van der Waals surface area contributed by atoms with E-state index in [1.165, 1.54) is 24.3 Å². The first kappa shape index (κ1) is 10.8. The van der Waals surface area contributed by atoms with E-state index in [1.54, 1.807) is 0 Å². The molecule has 0 radical (unpaired) electrons. The van der Waals surface area contributed by atoms with Crippen molar-refractivity contribution >= 4 is 17.5 Å². The minimum atomic E-state index is -0.684. The monoisotopic (exact) mass is 206 g/mol. The molecule has 0 saturated carbocycles. The minimum Gasteiger partial charge on any atom is -0.508 e. The molecule has 1 aromatic carbocycles. The van der Waals surface area contributed by atoms with Gasteiger partial charge in [-0.05, 0) is 24.3 Å². The zero-order chi connectivity index (χ0) is 11.3. The summed E-state index contributed by atoms with van der Waals surface area (Å²) < 4.78 is 0. The Bertz CT molecular complexity index is 396. The lowest BCUT2D eigenvalue weighted by molar-refractivity contribution is -0.115. The van der Waals surface area contributed by atoms with Crippen molar-refractivity contribution in [3.63, 3.8) is 0 Å². The fourth-order valence-electron chi connectivity index (χ4n) is 0.887. The van der Waals surface area contributed by atoms with Crippen LogP contribution in [0.15, 0.2) is 36.4 Å². The fourth-order valence-corrected chi connectivity index (χ4v) is 0.887. The quantitative estimate of drug-likeness (QED) is 0.492. The van der Waals surface area contributed by atoms with Gasteiger partial charge in [-0.3, -0.25) is 9.59 Å². The van der Waals surface area contributed by atoms with Crippen molar-refractivity contribution in [2.24, 2.45) is 5.73 Å². The zero-order valence-corrected chi connectivity index (χ0v) is 7.81. The van der Waals surface area contributed by atoms with Crippen molar-refractivity contribution in [1.82, 2.24) is 0 Å². The standard InChI is InChI=1S/C10H10N2O3/c11-9(14)5-6-10(15)12-7-1-3-8(13)4-2-7/h1-6,13H,(H2,11,14)(H,12,15)/b6-5-. The van der Waals surface area contributed by atoms with E-state index in [4.69, 9.17) is 10.8 Å². The molecule has 15 heavy (non-hydrogen) atoms. The highest BCUT2D eigenvalue weighted by atomic mass is 16.3. The number of carbonyl (C=O) groups excluding carboxylic acids is 2. The number of nitrogens with two attached hydrogens (primary N) is 1. The maximum Gasteiger partial charge on any atom is 0.248 e. The number of hydrogen-bond acceptors (Lipinski definition) is 3. The van der Waals surface area contributed by atoms with Crippen LogP contribution in [0.5, 0.6) is 5.75 Å². The lowest BCUT2D eigenvalue weighted by Gasteiger charge is -2.01. The van der Waals surface area contributed by atoms with E-state index >= 15 is 0 Å². The summed E-state index contributed by atoms with van der Waals surface area (Å²) in [4.78, 5) is 21.5. The predicted molar refractivity (Wildman–Crippen MR) is 55.1 cm³/mol. The highest BCUT2D eigenvalue weighted by Crippen LogP contribution is 2.13. The summed E-state index contributed by atoms with van der Waals surface area (Å²) in [6, 6.07) is 5.94. The summed E-state index contributed by atoms with van der Waals surface area (Å²) in [6.45, 7) is 0. The van der Waals surface area contributed by atoms with Gasteiger partial charge >= 0.3 is 0 Å². The molecule has 1 rings (SSSR count). The number of rotatable bonds is 3. The van der Waals surface area contributed by atoms with Gasteiger partial charge in [0.15, 0.2) is 0 Å². The van der Waals surface area contributed by atoms with Crippen LogP contribution in [-0.4, -0.2) is 16.9 Å². The molecule has 5 heteroatoms. The molecular weight excluding hydrogens is 196 g/mol. The number of primary amides is 1. The third-order valence-corrected chi connectivity index (χ3v) is 1.53. The highest BCUT2D eigenvalue weighted by molar-refractivity contribution is 6.03. The summed E-state index contributed by atoms with van der Waals surface area (Å²) in [6.07, 6.45) is 2.00. The third kappa shape index (κ3) is 3.95. The van der Waals surface area contributed by atoms with Gasteiger partial charge in [-0.25, -0.2) is 0 Å². The predicted octanol–water partition coefficient (Wildman–Crippen LogP) is 0.372. The van der Waals surface area contributed by atoms with Gasteiger partial charge in [0, 0.05) is 17.8 Å². The second-order valence-corrected chi connectivity index (χ2v) is 2.77. The molecule has 0 spiro atoms. The van der Waals surface area contributed by atoms with Crippen LogP contribution >= 0.6 is 0 Å². The Morgan fingerprint density at radius 3 is 2.33 bits per heavy atom.